The summed E-state index contributed by atoms with van der Waals surface area (Å²) in [5.41, 5.74) is 0.778. The average Bonchev–Trinajstić information content (AvgIpc) is 2.96. The van der Waals surface area contributed by atoms with Crippen LogP contribution >= 0.6 is 0 Å². The van der Waals surface area contributed by atoms with Gasteiger partial charge in [0.1, 0.15) is 6.04 Å². The monoisotopic (exact) mass is 331 g/mol. The first-order valence-electron chi connectivity index (χ1n) is 8.27. The molecule has 2 aliphatic heterocycles. The predicted octanol–water partition coefficient (Wildman–Crippen LogP) is 0.896. The molecule has 128 valence electrons. The summed E-state index contributed by atoms with van der Waals surface area (Å²) in [6, 6.07) is 4.75. The minimum absolute atomic E-state index is 0.0807. The van der Waals surface area contributed by atoms with Gasteiger partial charge in [-0.1, -0.05) is 6.07 Å². The maximum absolute atomic E-state index is 12.7. The molecule has 24 heavy (non-hydrogen) atoms. The second-order valence-electron chi connectivity index (χ2n) is 6.38. The van der Waals surface area contributed by atoms with Crippen molar-refractivity contribution in [3.63, 3.8) is 0 Å². The fourth-order valence-electron chi connectivity index (χ4n) is 3.46. The van der Waals surface area contributed by atoms with E-state index in [1.54, 1.807) is 11.1 Å². The molecule has 3 heterocycles. The number of rotatable bonds is 4. The maximum Gasteiger partial charge on any atom is 0.326 e. The lowest BCUT2D eigenvalue weighted by atomic mass is 9.98. The predicted molar refractivity (Wildman–Crippen MR) is 84.7 cm³/mol. The van der Waals surface area contributed by atoms with Gasteiger partial charge in [0, 0.05) is 25.7 Å². The Morgan fingerprint density at radius 1 is 1.29 bits per heavy atom. The van der Waals surface area contributed by atoms with Crippen LogP contribution < -0.4 is 0 Å². The van der Waals surface area contributed by atoms with E-state index in [4.69, 9.17) is 0 Å². The van der Waals surface area contributed by atoms with Gasteiger partial charge in [0.15, 0.2) is 0 Å². The summed E-state index contributed by atoms with van der Waals surface area (Å²) in [6.07, 6.45) is 3.93. The largest absolute Gasteiger partial charge is 0.480 e. The molecule has 1 N–H and O–H groups in total. The number of piperidine rings is 1. The molecule has 2 fully saturated rings. The summed E-state index contributed by atoms with van der Waals surface area (Å²) in [5, 5.41) is 9.32. The van der Waals surface area contributed by atoms with Crippen LogP contribution in [0.25, 0.3) is 0 Å². The molecule has 1 aromatic heterocycles. The zero-order valence-electron chi connectivity index (χ0n) is 13.4. The van der Waals surface area contributed by atoms with Gasteiger partial charge in [-0.05, 0) is 31.4 Å². The fraction of sp³-hybridized carbons (Fsp3) is 0.529. The molecule has 2 amide bonds. The van der Waals surface area contributed by atoms with Crippen LogP contribution in [0.3, 0.4) is 0 Å². The molecule has 2 aliphatic rings. The number of carboxylic acid groups (broad SMARTS) is 1. The lowest BCUT2D eigenvalue weighted by Gasteiger charge is -2.34. The standard InChI is InChI=1S/C17H21N3O4/c21-15-9-12(10-19(15)11-13-5-1-3-7-18-13)16(22)20-8-4-2-6-14(20)17(23)24/h1,3,5,7,12,14H,2,4,6,8-11H2,(H,23,24)/t12-,14-/m0/s1. The number of carbonyl (C=O) groups is 3. The van der Waals surface area contributed by atoms with Crippen LogP contribution in [-0.4, -0.2) is 56.8 Å². The third-order valence-electron chi connectivity index (χ3n) is 4.71. The Morgan fingerprint density at radius 3 is 2.83 bits per heavy atom. The molecule has 0 spiro atoms. The number of nitrogens with zero attached hydrogens (tertiary/aromatic N) is 3. The van der Waals surface area contributed by atoms with Gasteiger partial charge in [0.2, 0.25) is 11.8 Å². The van der Waals surface area contributed by atoms with Crippen LogP contribution in [0.15, 0.2) is 24.4 Å². The van der Waals surface area contributed by atoms with Crippen molar-refractivity contribution >= 4 is 17.8 Å². The van der Waals surface area contributed by atoms with Crippen LogP contribution in [-0.2, 0) is 20.9 Å². The number of aliphatic carboxylic acids is 1. The zero-order valence-corrected chi connectivity index (χ0v) is 13.4. The molecular weight excluding hydrogens is 310 g/mol. The van der Waals surface area contributed by atoms with Crippen molar-refractivity contribution in [3.05, 3.63) is 30.1 Å². The first-order valence-corrected chi connectivity index (χ1v) is 8.27. The minimum Gasteiger partial charge on any atom is -0.480 e. The molecule has 0 unspecified atom stereocenters. The van der Waals surface area contributed by atoms with Crippen molar-refractivity contribution in [1.29, 1.82) is 0 Å². The number of carboxylic acids is 1. The molecule has 0 aliphatic carbocycles. The molecule has 0 radical (unpaired) electrons. The summed E-state index contributed by atoms with van der Waals surface area (Å²) in [6.45, 7) is 1.17. The third-order valence-corrected chi connectivity index (χ3v) is 4.71. The van der Waals surface area contributed by atoms with E-state index in [9.17, 15) is 19.5 Å². The molecule has 2 atom stereocenters. The van der Waals surface area contributed by atoms with Gasteiger partial charge < -0.3 is 14.9 Å². The first-order chi connectivity index (χ1) is 11.6. The van der Waals surface area contributed by atoms with Crippen LogP contribution in [0.1, 0.15) is 31.4 Å². The minimum atomic E-state index is -0.960. The van der Waals surface area contributed by atoms with Gasteiger partial charge in [-0.3, -0.25) is 14.6 Å². The van der Waals surface area contributed by atoms with Crippen molar-refractivity contribution in [3.8, 4) is 0 Å². The fourth-order valence-corrected chi connectivity index (χ4v) is 3.46. The number of hydrogen-bond donors (Lipinski definition) is 1. The van der Waals surface area contributed by atoms with E-state index in [1.807, 2.05) is 18.2 Å². The number of likely N-dealkylation sites (tertiary alicyclic amines) is 2. The van der Waals surface area contributed by atoms with Crippen molar-refractivity contribution in [2.75, 3.05) is 13.1 Å². The summed E-state index contributed by atoms with van der Waals surface area (Å²) in [4.78, 5) is 43.6. The Labute approximate surface area is 140 Å². The van der Waals surface area contributed by atoms with E-state index in [1.165, 1.54) is 4.90 Å². The van der Waals surface area contributed by atoms with E-state index in [0.29, 0.717) is 26.1 Å². The molecule has 7 heteroatoms. The van der Waals surface area contributed by atoms with Crippen LogP contribution in [0, 0.1) is 5.92 Å². The van der Waals surface area contributed by atoms with Gasteiger partial charge in [0.05, 0.1) is 18.2 Å². The third kappa shape index (κ3) is 3.39. The van der Waals surface area contributed by atoms with Gasteiger partial charge in [-0.25, -0.2) is 4.79 Å². The van der Waals surface area contributed by atoms with E-state index in [2.05, 4.69) is 4.98 Å². The highest BCUT2D eigenvalue weighted by Crippen LogP contribution is 2.26. The van der Waals surface area contributed by atoms with Crippen LogP contribution in [0.2, 0.25) is 0 Å². The Kier molecular flexibility index (Phi) is 4.78. The topological polar surface area (TPSA) is 90.8 Å². The second kappa shape index (κ2) is 6.98. The highest BCUT2D eigenvalue weighted by atomic mass is 16.4. The van der Waals surface area contributed by atoms with E-state index in [0.717, 1.165) is 18.5 Å². The molecule has 7 nitrogen and oxygen atoms in total. The Bertz CT molecular complexity index is 634. The normalized spacial score (nSPS) is 24.2. The highest BCUT2D eigenvalue weighted by molar-refractivity contribution is 5.91. The van der Waals surface area contributed by atoms with Crippen molar-refractivity contribution in [2.45, 2.75) is 38.3 Å². The molecule has 1 aromatic rings. The molecule has 0 aromatic carbocycles. The summed E-state index contributed by atoms with van der Waals surface area (Å²) < 4.78 is 0. The molecule has 0 saturated carbocycles. The van der Waals surface area contributed by atoms with E-state index >= 15 is 0 Å². The summed E-state index contributed by atoms with van der Waals surface area (Å²) in [5.74, 6) is -1.71. The number of aromatic nitrogens is 1. The lowest BCUT2D eigenvalue weighted by Crippen LogP contribution is -2.50. The maximum atomic E-state index is 12.7. The quantitative estimate of drug-likeness (QED) is 0.885. The molecule has 0 bridgehead atoms. The number of hydrogen-bond acceptors (Lipinski definition) is 4. The number of amides is 2. The van der Waals surface area contributed by atoms with Gasteiger partial charge in [-0.15, -0.1) is 0 Å². The van der Waals surface area contributed by atoms with Gasteiger partial charge in [0.25, 0.3) is 0 Å². The zero-order chi connectivity index (χ0) is 17.1. The van der Waals surface area contributed by atoms with E-state index < -0.39 is 17.9 Å². The van der Waals surface area contributed by atoms with Crippen molar-refractivity contribution in [2.24, 2.45) is 5.92 Å². The van der Waals surface area contributed by atoms with Gasteiger partial charge >= 0.3 is 5.97 Å². The van der Waals surface area contributed by atoms with Gasteiger partial charge in [-0.2, -0.15) is 0 Å². The molecule has 2 saturated heterocycles. The smallest absolute Gasteiger partial charge is 0.326 e. The number of carbonyl (C=O) groups excluding carboxylic acids is 2. The van der Waals surface area contributed by atoms with Crippen LogP contribution in [0.5, 0.6) is 0 Å². The first kappa shape index (κ1) is 16.4. The summed E-state index contributed by atoms with van der Waals surface area (Å²) in [7, 11) is 0. The molecular formula is C17H21N3O4. The Hall–Kier alpha value is -2.44. The average molecular weight is 331 g/mol. The van der Waals surface area contributed by atoms with Crippen molar-refractivity contribution < 1.29 is 19.5 Å². The lowest BCUT2D eigenvalue weighted by molar-refractivity contribution is -0.153. The van der Waals surface area contributed by atoms with E-state index in [-0.39, 0.29) is 18.2 Å². The van der Waals surface area contributed by atoms with Crippen LogP contribution in [0.4, 0.5) is 0 Å². The Balaban J connectivity index is 1.66. The summed E-state index contributed by atoms with van der Waals surface area (Å²) >= 11 is 0. The Morgan fingerprint density at radius 2 is 2.12 bits per heavy atom. The van der Waals surface area contributed by atoms with Crippen molar-refractivity contribution in [1.82, 2.24) is 14.8 Å². The SMILES string of the molecule is O=C(O)[C@@H]1CCCCN1C(=O)[C@H]1CC(=O)N(Cc2ccccn2)C1. The highest BCUT2D eigenvalue weighted by Gasteiger charge is 2.40. The second-order valence-corrected chi connectivity index (χ2v) is 6.38. The molecule has 3 rings (SSSR count). The number of pyridine rings is 1.